The normalized spacial score (nSPS) is 10.3. The number of hydrogen-bond donors (Lipinski definition) is 2. The highest BCUT2D eigenvalue weighted by Crippen LogP contribution is 2.17. The number of rotatable bonds is 6. The summed E-state index contributed by atoms with van der Waals surface area (Å²) in [7, 11) is 0. The van der Waals surface area contributed by atoms with Crippen molar-refractivity contribution in [3.63, 3.8) is 0 Å². The third-order valence-electron chi connectivity index (χ3n) is 2.71. The van der Waals surface area contributed by atoms with E-state index in [1.807, 2.05) is 6.92 Å². The van der Waals surface area contributed by atoms with E-state index < -0.39 is 0 Å². The Morgan fingerprint density at radius 1 is 1.22 bits per heavy atom. The third kappa shape index (κ3) is 3.20. The van der Waals surface area contributed by atoms with E-state index in [9.17, 15) is 0 Å². The van der Waals surface area contributed by atoms with Crippen LogP contribution in [0.15, 0.2) is 23.2 Å². The molecule has 2 N–H and O–H groups in total. The van der Waals surface area contributed by atoms with E-state index in [0.717, 1.165) is 36.7 Å². The molecule has 2 aromatic rings. The van der Waals surface area contributed by atoms with Gasteiger partial charge in [-0.15, -0.1) is 0 Å². The van der Waals surface area contributed by atoms with Crippen LogP contribution < -0.4 is 10.6 Å². The van der Waals surface area contributed by atoms with E-state index in [-0.39, 0.29) is 0 Å². The topological polar surface area (TPSA) is 49.8 Å². The van der Waals surface area contributed by atoms with Gasteiger partial charge in [0.15, 0.2) is 0 Å². The second-order valence-corrected chi connectivity index (χ2v) is 4.81. The molecule has 4 nitrogen and oxygen atoms in total. The van der Waals surface area contributed by atoms with Gasteiger partial charge in [-0.25, -0.2) is 9.97 Å². The Labute approximate surface area is 111 Å². The van der Waals surface area contributed by atoms with Crippen LogP contribution in [0.25, 0.3) is 0 Å². The average Bonchev–Trinajstić information content (AvgIpc) is 2.87. The SMILES string of the molecule is CCNc1ncnc(NCCc2ccsc2)c1C. The molecule has 0 saturated heterocycles. The first kappa shape index (κ1) is 12.8. The Morgan fingerprint density at radius 2 is 2.00 bits per heavy atom. The van der Waals surface area contributed by atoms with Gasteiger partial charge in [0.25, 0.3) is 0 Å². The number of aromatic nitrogens is 2. The molecule has 0 amide bonds. The molecule has 0 saturated carbocycles. The average molecular weight is 262 g/mol. The number of thiophene rings is 1. The van der Waals surface area contributed by atoms with Gasteiger partial charge in [-0.05, 0) is 42.7 Å². The summed E-state index contributed by atoms with van der Waals surface area (Å²) in [5.74, 6) is 1.82. The summed E-state index contributed by atoms with van der Waals surface area (Å²) in [6, 6.07) is 2.16. The van der Waals surface area contributed by atoms with Gasteiger partial charge in [-0.2, -0.15) is 11.3 Å². The molecule has 0 fully saturated rings. The molecule has 0 aromatic carbocycles. The Bertz CT molecular complexity index is 482. The molecular formula is C13H18N4S. The number of anilines is 2. The predicted molar refractivity (Wildman–Crippen MR) is 77.4 cm³/mol. The third-order valence-corrected chi connectivity index (χ3v) is 3.45. The first-order valence-corrected chi connectivity index (χ1v) is 7.06. The van der Waals surface area contributed by atoms with Gasteiger partial charge < -0.3 is 10.6 Å². The molecule has 0 aliphatic rings. The van der Waals surface area contributed by atoms with Gasteiger partial charge in [0, 0.05) is 18.7 Å². The van der Waals surface area contributed by atoms with Crippen molar-refractivity contribution < 1.29 is 0 Å². The van der Waals surface area contributed by atoms with Crippen molar-refractivity contribution in [2.24, 2.45) is 0 Å². The molecule has 0 spiro atoms. The number of nitrogens with one attached hydrogen (secondary N) is 2. The molecule has 2 aromatic heterocycles. The van der Waals surface area contributed by atoms with Crippen molar-refractivity contribution in [2.45, 2.75) is 20.3 Å². The van der Waals surface area contributed by atoms with E-state index >= 15 is 0 Å². The number of hydrogen-bond acceptors (Lipinski definition) is 5. The maximum Gasteiger partial charge on any atom is 0.134 e. The largest absolute Gasteiger partial charge is 0.370 e. The molecule has 18 heavy (non-hydrogen) atoms. The Morgan fingerprint density at radius 3 is 2.67 bits per heavy atom. The molecule has 0 radical (unpaired) electrons. The van der Waals surface area contributed by atoms with Crippen LogP contribution in [0.2, 0.25) is 0 Å². The Hall–Kier alpha value is -1.62. The smallest absolute Gasteiger partial charge is 0.134 e. The van der Waals surface area contributed by atoms with Gasteiger partial charge in [-0.1, -0.05) is 0 Å². The standard InChI is InChI=1S/C13H18N4S/c1-3-14-12-10(2)13(17-9-16-12)15-6-4-11-5-7-18-8-11/h5,7-9H,3-4,6H2,1-2H3,(H2,14,15,16,17). The molecule has 5 heteroatoms. The van der Waals surface area contributed by atoms with Gasteiger partial charge >= 0.3 is 0 Å². The van der Waals surface area contributed by atoms with E-state index in [1.165, 1.54) is 5.56 Å². The summed E-state index contributed by atoms with van der Waals surface area (Å²) in [5, 5.41) is 10.9. The summed E-state index contributed by atoms with van der Waals surface area (Å²) in [6.07, 6.45) is 2.61. The molecular weight excluding hydrogens is 244 g/mol. The summed E-state index contributed by atoms with van der Waals surface area (Å²) < 4.78 is 0. The molecule has 96 valence electrons. The van der Waals surface area contributed by atoms with Crippen LogP contribution >= 0.6 is 11.3 Å². The fourth-order valence-corrected chi connectivity index (χ4v) is 2.44. The zero-order valence-electron chi connectivity index (χ0n) is 10.7. The van der Waals surface area contributed by atoms with E-state index in [0.29, 0.717) is 0 Å². The minimum Gasteiger partial charge on any atom is -0.370 e. The van der Waals surface area contributed by atoms with Crippen molar-refractivity contribution in [3.8, 4) is 0 Å². The summed E-state index contributed by atoms with van der Waals surface area (Å²) in [4.78, 5) is 8.51. The van der Waals surface area contributed by atoms with Gasteiger partial charge in [0.2, 0.25) is 0 Å². The lowest BCUT2D eigenvalue weighted by Gasteiger charge is -2.11. The van der Waals surface area contributed by atoms with Crippen LogP contribution in [0.3, 0.4) is 0 Å². The molecule has 0 bridgehead atoms. The fraction of sp³-hybridized carbons (Fsp3) is 0.385. The lowest BCUT2D eigenvalue weighted by molar-refractivity contribution is 0.993. The molecule has 0 unspecified atom stereocenters. The monoisotopic (exact) mass is 262 g/mol. The van der Waals surface area contributed by atoms with Gasteiger partial charge in [0.1, 0.15) is 18.0 Å². The van der Waals surface area contributed by atoms with E-state index in [2.05, 4.69) is 44.4 Å². The summed E-state index contributed by atoms with van der Waals surface area (Å²) >= 11 is 1.73. The Kier molecular flexibility index (Phi) is 4.52. The first-order valence-electron chi connectivity index (χ1n) is 6.11. The van der Waals surface area contributed by atoms with Crippen molar-refractivity contribution in [1.82, 2.24) is 9.97 Å². The van der Waals surface area contributed by atoms with Crippen molar-refractivity contribution >= 4 is 23.0 Å². The van der Waals surface area contributed by atoms with E-state index in [4.69, 9.17) is 0 Å². The van der Waals surface area contributed by atoms with Gasteiger partial charge in [0.05, 0.1) is 0 Å². The first-order chi connectivity index (χ1) is 8.81. The van der Waals surface area contributed by atoms with Crippen LogP contribution in [0.4, 0.5) is 11.6 Å². The predicted octanol–water partition coefficient (Wildman–Crippen LogP) is 2.93. The van der Waals surface area contributed by atoms with Crippen molar-refractivity contribution in [3.05, 3.63) is 34.3 Å². The number of nitrogens with zero attached hydrogens (tertiary/aromatic N) is 2. The molecule has 0 aliphatic heterocycles. The van der Waals surface area contributed by atoms with Gasteiger partial charge in [-0.3, -0.25) is 0 Å². The van der Waals surface area contributed by atoms with Crippen LogP contribution in [0, 0.1) is 6.92 Å². The van der Waals surface area contributed by atoms with Crippen molar-refractivity contribution in [2.75, 3.05) is 23.7 Å². The summed E-state index contributed by atoms with van der Waals surface area (Å²) in [6.45, 7) is 5.85. The second-order valence-electron chi connectivity index (χ2n) is 4.03. The zero-order chi connectivity index (χ0) is 12.8. The lowest BCUT2D eigenvalue weighted by atomic mass is 10.2. The van der Waals surface area contributed by atoms with Crippen molar-refractivity contribution in [1.29, 1.82) is 0 Å². The summed E-state index contributed by atoms with van der Waals surface area (Å²) in [5.41, 5.74) is 2.44. The highest BCUT2D eigenvalue weighted by molar-refractivity contribution is 7.07. The quantitative estimate of drug-likeness (QED) is 0.840. The molecule has 2 rings (SSSR count). The minimum absolute atomic E-state index is 0.867. The van der Waals surface area contributed by atoms with Crippen LogP contribution in [-0.4, -0.2) is 23.1 Å². The minimum atomic E-state index is 0.867. The van der Waals surface area contributed by atoms with Crippen LogP contribution in [0.1, 0.15) is 18.1 Å². The zero-order valence-corrected chi connectivity index (χ0v) is 11.5. The second kappa shape index (κ2) is 6.35. The van der Waals surface area contributed by atoms with Crippen LogP contribution in [0.5, 0.6) is 0 Å². The highest BCUT2D eigenvalue weighted by atomic mass is 32.1. The highest BCUT2D eigenvalue weighted by Gasteiger charge is 2.05. The molecule has 0 aliphatic carbocycles. The maximum absolute atomic E-state index is 4.28. The lowest BCUT2D eigenvalue weighted by Crippen LogP contribution is -2.10. The Balaban J connectivity index is 1.94. The maximum atomic E-state index is 4.28. The molecule has 0 atom stereocenters. The fourth-order valence-electron chi connectivity index (χ4n) is 1.73. The van der Waals surface area contributed by atoms with Crippen LogP contribution in [-0.2, 0) is 6.42 Å². The van der Waals surface area contributed by atoms with E-state index in [1.54, 1.807) is 17.7 Å². The molecule has 2 heterocycles.